The lowest BCUT2D eigenvalue weighted by Gasteiger charge is -2.36. The van der Waals surface area contributed by atoms with E-state index in [0.29, 0.717) is 6.54 Å². The van der Waals surface area contributed by atoms with Crippen LogP contribution >= 0.6 is 0 Å². The molecule has 2 aromatic rings. The summed E-state index contributed by atoms with van der Waals surface area (Å²) in [6.45, 7) is 1.53. The van der Waals surface area contributed by atoms with Gasteiger partial charge in [0.25, 0.3) is 0 Å². The minimum absolute atomic E-state index is 0.440. The molecule has 0 spiro atoms. The zero-order chi connectivity index (χ0) is 12.6. The summed E-state index contributed by atoms with van der Waals surface area (Å²) in [6, 6.07) is 8.44. The number of benzene rings is 1. The Labute approximate surface area is 107 Å². The molecule has 96 valence electrons. The molecule has 1 saturated carbocycles. The Morgan fingerprint density at radius 2 is 2.11 bits per heavy atom. The molecule has 1 aromatic carbocycles. The van der Waals surface area contributed by atoms with Crippen LogP contribution in [0.2, 0.25) is 0 Å². The third-order valence-corrected chi connectivity index (χ3v) is 4.03. The van der Waals surface area contributed by atoms with E-state index in [4.69, 9.17) is 0 Å². The van der Waals surface area contributed by atoms with Crippen molar-refractivity contribution in [2.75, 3.05) is 6.54 Å². The summed E-state index contributed by atoms with van der Waals surface area (Å²) < 4.78 is 2.16. The van der Waals surface area contributed by atoms with Gasteiger partial charge in [0.2, 0.25) is 0 Å². The number of nitrogens with zero attached hydrogens (tertiary/aromatic N) is 1. The normalized spacial score (nSPS) is 17.9. The maximum Gasteiger partial charge on any atom is 0.0771 e. The summed E-state index contributed by atoms with van der Waals surface area (Å²) in [5.41, 5.74) is 2.12. The van der Waals surface area contributed by atoms with Crippen LogP contribution in [0.25, 0.3) is 10.9 Å². The van der Waals surface area contributed by atoms with E-state index in [2.05, 4.69) is 47.4 Å². The lowest BCUT2D eigenvalue weighted by atomic mass is 9.80. The van der Waals surface area contributed by atoms with Crippen LogP contribution in [-0.4, -0.2) is 21.8 Å². The van der Waals surface area contributed by atoms with Crippen molar-refractivity contribution >= 4 is 10.9 Å². The standard InChI is InChI=1S/C15H20N2O/c1-17-10-12(13-5-2-3-6-14(13)17)9-16-11-15(18)7-4-8-15/h2-3,5-6,10,16,18H,4,7-9,11H2,1H3. The van der Waals surface area contributed by atoms with Gasteiger partial charge in [-0.25, -0.2) is 0 Å². The largest absolute Gasteiger partial charge is 0.389 e. The molecule has 0 bridgehead atoms. The van der Waals surface area contributed by atoms with Crippen LogP contribution in [0, 0.1) is 0 Å². The van der Waals surface area contributed by atoms with E-state index in [1.807, 2.05) is 0 Å². The summed E-state index contributed by atoms with van der Waals surface area (Å²) in [7, 11) is 2.07. The van der Waals surface area contributed by atoms with Gasteiger partial charge in [0.05, 0.1) is 5.60 Å². The molecule has 1 aliphatic carbocycles. The smallest absolute Gasteiger partial charge is 0.0771 e. The number of rotatable bonds is 4. The fraction of sp³-hybridized carbons (Fsp3) is 0.467. The molecule has 3 rings (SSSR count). The van der Waals surface area contributed by atoms with Crippen LogP contribution in [0.3, 0.4) is 0 Å². The van der Waals surface area contributed by atoms with Crippen LogP contribution in [0.5, 0.6) is 0 Å². The van der Waals surface area contributed by atoms with Gasteiger partial charge >= 0.3 is 0 Å². The van der Waals surface area contributed by atoms with Gasteiger partial charge in [0, 0.05) is 37.2 Å². The molecule has 0 unspecified atom stereocenters. The molecule has 0 radical (unpaired) electrons. The predicted octanol–water partition coefficient (Wildman–Crippen LogP) is 2.18. The zero-order valence-corrected chi connectivity index (χ0v) is 10.8. The number of para-hydroxylation sites is 1. The molecule has 0 amide bonds. The zero-order valence-electron chi connectivity index (χ0n) is 10.8. The third kappa shape index (κ3) is 2.04. The Balaban J connectivity index is 1.71. The monoisotopic (exact) mass is 244 g/mol. The number of nitrogens with one attached hydrogen (secondary N) is 1. The highest BCUT2D eigenvalue weighted by Gasteiger charge is 2.33. The lowest BCUT2D eigenvalue weighted by Crippen LogP contribution is -2.45. The van der Waals surface area contributed by atoms with E-state index in [-0.39, 0.29) is 0 Å². The molecule has 0 aliphatic heterocycles. The third-order valence-electron chi connectivity index (χ3n) is 4.03. The number of hydrogen-bond acceptors (Lipinski definition) is 2. The molecule has 2 N–H and O–H groups in total. The quantitative estimate of drug-likeness (QED) is 0.865. The van der Waals surface area contributed by atoms with Crippen molar-refractivity contribution in [2.24, 2.45) is 7.05 Å². The average Bonchev–Trinajstić information content (AvgIpc) is 2.65. The Kier molecular flexibility index (Phi) is 2.88. The maximum absolute atomic E-state index is 10.0. The predicted molar refractivity (Wildman–Crippen MR) is 73.4 cm³/mol. The van der Waals surface area contributed by atoms with E-state index < -0.39 is 5.60 Å². The fourth-order valence-electron chi connectivity index (χ4n) is 2.76. The van der Waals surface area contributed by atoms with Crippen LogP contribution in [0.1, 0.15) is 24.8 Å². The molecule has 1 fully saturated rings. The molecule has 1 aliphatic rings. The van der Waals surface area contributed by atoms with Crippen molar-refractivity contribution in [1.29, 1.82) is 0 Å². The molecule has 3 nitrogen and oxygen atoms in total. The minimum Gasteiger partial charge on any atom is -0.389 e. The van der Waals surface area contributed by atoms with Crippen molar-refractivity contribution < 1.29 is 5.11 Å². The first-order chi connectivity index (χ1) is 8.68. The first kappa shape index (κ1) is 11.8. The van der Waals surface area contributed by atoms with Gasteiger partial charge in [-0.15, -0.1) is 0 Å². The molecule has 1 heterocycles. The first-order valence-corrected chi connectivity index (χ1v) is 6.64. The molecule has 0 saturated heterocycles. The minimum atomic E-state index is -0.440. The van der Waals surface area contributed by atoms with Crippen molar-refractivity contribution in [3.63, 3.8) is 0 Å². The van der Waals surface area contributed by atoms with E-state index in [1.54, 1.807) is 0 Å². The summed E-state index contributed by atoms with van der Waals surface area (Å²) in [5.74, 6) is 0. The second kappa shape index (κ2) is 4.41. The average molecular weight is 244 g/mol. The molecular weight excluding hydrogens is 224 g/mol. The Hall–Kier alpha value is -1.32. The van der Waals surface area contributed by atoms with Gasteiger partial charge in [-0.1, -0.05) is 18.2 Å². The SMILES string of the molecule is Cn1cc(CNCC2(O)CCC2)c2ccccc21. The molecule has 0 atom stereocenters. The number of fused-ring (bicyclic) bond motifs is 1. The van der Waals surface area contributed by atoms with Gasteiger partial charge < -0.3 is 15.0 Å². The van der Waals surface area contributed by atoms with E-state index in [1.165, 1.54) is 16.5 Å². The highest BCUT2D eigenvalue weighted by Crippen LogP contribution is 2.30. The summed E-state index contributed by atoms with van der Waals surface area (Å²) in [4.78, 5) is 0. The number of aliphatic hydroxyl groups is 1. The number of aromatic nitrogens is 1. The van der Waals surface area contributed by atoms with Crippen molar-refractivity contribution in [2.45, 2.75) is 31.4 Å². The highest BCUT2D eigenvalue weighted by atomic mass is 16.3. The molecular formula is C15H20N2O. The lowest BCUT2D eigenvalue weighted by molar-refractivity contribution is -0.0314. The number of hydrogen-bond donors (Lipinski definition) is 2. The second-order valence-electron chi connectivity index (χ2n) is 5.46. The fourth-order valence-corrected chi connectivity index (χ4v) is 2.76. The maximum atomic E-state index is 10.0. The molecule has 18 heavy (non-hydrogen) atoms. The van der Waals surface area contributed by atoms with Gasteiger partial charge in [-0.2, -0.15) is 0 Å². The first-order valence-electron chi connectivity index (χ1n) is 6.64. The second-order valence-corrected chi connectivity index (χ2v) is 5.46. The molecule has 3 heteroatoms. The van der Waals surface area contributed by atoms with Crippen molar-refractivity contribution in [1.82, 2.24) is 9.88 Å². The Morgan fingerprint density at radius 1 is 1.33 bits per heavy atom. The topological polar surface area (TPSA) is 37.2 Å². The summed E-state index contributed by atoms with van der Waals surface area (Å²) in [5, 5.41) is 14.7. The van der Waals surface area contributed by atoms with E-state index >= 15 is 0 Å². The Bertz CT molecular complexity index is 555. The van der Waals surface area contributed by atoms with Crippen molar-refractivity contribution in [3.8, 4) is 0 Å². The molecule has 1 aromatic heterocycles. The van der Waals surface area contributed by atoms with Gasteiger partial charge in [0.1, 0.15) is 0 Å². The van der Waals surface area contributed by atoms with E-state index in [9.17, 15) is 5.11 Å². The van der Waals surface area contributed by atoms with Gasteiger partial charge in [0.15, 0.2) is 0 Å². The van der Waals surface area contributed by atoms with E-state index in [0.717, 1.165) is 25.8 Å². The van der Waals surface area contributed by atoms with Crippen LogP contribution in [0.15, 0.2) is 30.5 Å². The summed E-state index contributed by atoms with van der Waals surface area (Å²) in [6.07, 6.45) is 5.21. The summed E-state index contributed by atoms with van der Waals surface area (Å²) >= 11 is 0. The van der Waals surface area contributed by atoms with Crippen LogP contribution in [-0.2, 0) is 13.6 Å². The highest BCUT2D eigenvalue weighted by molar-refractivity contribution is 5.83. The van der Waals surface area contributed by atoms with Crippen LogP contribution < -0.4 is 5.32 Å². The van der Waals surface area contributed by atoms with Gasteiger partial charge in [-0.3, -0.25) is 0 Å². The van der Waals surface area contributed by atoms with Crippen LogP contribution in [0.4, 0.5) is 0 Å². The van der Waals surface area contributed by atoms with Crippen molar-refractivity contribution in [3.05, 3.63) is 36.0 Å². The number of aryl methyl sites for hydroxylation is 1. The van der Waals surface area contributed by atoms with Gasteiger partial charge in [-0.05, 0) is 30.9 Å². The Morgan fingerprint density at radius 3 is 2.83 bits per heavy atom.